The van der Waals surface area contributed by atoms with Gasteiger partial charge in [-0.3, -0.25) is 4.68 Å². The minimum Gasteiger partial charge on any atom is -0.396 e. The molecule has 3 saturated carbocycles. The molecule has 5 rings (SSSR count). The molecule has 4 aliphatic rings. The Bertz CT molecular complexity index is 523. The predicted molar refractivity (Wildman–Crippen MR) is 93.8 cm³/mol. The average Bonchev–Trinajstić information content (AvgIpc) is 2.98. The molecule has 1 aromatic rings. The van der Waals surface area contributed by atoms with E-state index in [2.05, 4.69) is 26.1 Å². The summed E-state index contributed by atoms with van der Waals surface area (Å²) in [4.78, 5) is 2.59. The predicted octanol–water partition coefficient (Wildman–Crippen LogP) is 2.74. The molecule has 24 heavy (non-hydrogen) atoms. The van der Waals surface area contributed by atoms with Gasteiger partial charge in [-0.15, -0.1) is 5.10 Å². The van der Waals surface area contributed by atoms with Crippen molar-refractivity contribution in [2.75, 3.05) is 26.2 Å². The van der Waals surface area contributed by atoms with E-state index >= 15 is 0 Å². The van der Waals surface area contributed by atoms with Crippen LogP contribution in [0.5, 0.6) is 0 Å². The lowest BCUT2D eigenvalue weighted by Gasteiger charge is -2.52. The van der Waals surface area contributed by atoms with Gasteiger partial charge in [0.2, 0.25) is 0 Å². The van der Waals surface area contributed by atoms with E-state index in [9.17, 15) is 5.11 Å². The average molecular weight is 332 g/mol. The number of nitrogens with zero attached hydrogens (tertiary/aromatic N) is 4. The van der Waals surface area contributed by atoms with Crippen molar-refractivity contribution in [1.29, 1.82) is 0 Å². The number of hydrogen-bond acceptors (Lipinski definition) is 4. The summed E-state index contributed by atoms with van der Waals surface area (Å²) in [7, 11) is 0. The van der Waals surface area contributed by atoms with Gasteiger partial charge in [-0.05, 0) is 69.9 Å². The van der Waals surface area contributed by atoms with Crippen LogP contribution in [0, 0.1) is 5.41 Å². The van der Waals surface area contributed by atoms with Crippen LogP contribution in [0.4, 0.5) is 0 Å². The Morgan fingerprint density at radius 2 is 1.58 bits per heavy atom. The quantitative estimate of drug-likeness (QED) is 0.901. The first-order valence-electron chi connectivity index (χ1n) is 9.98. The minimum absolute atomic E-state index is 0.227. The maximum atomic E-state index is 9.70. The molecule has 0 amide bonds. The van der Waals surface area contributed by atoms with Gasteiger partial charge in [0.1, 0.15) is 0 Å². The standard InChI is InChI=1S/C19H32N4O/c24-16-18-5-8-19(9-6-18,10-7-18)17-15-23(21-20-17)14-13-22-11-3-1-2-4-12-22/h15,24H,1-14,16H2. The molecule has 5 heteroatoms. The molecule has 5 nitrogen and oxygen atoms in total. The van der Waals surface area contributed by atoms with Gasteiger partial charge >= 0.3 is 0 Å². The van der Waals surface area contributed by atoms with E-state index in [0.29, 0.717) is 6.61 Å². The molecule has 134 valence electrons. The lowest BCUT2D eigenvalue weighted by atomic mass is 9.53. The van der Waals surface area contributed by atoms with E-state index in [4.69, 9.17) is 0 Å². The fourth-order valence-corrected chi connectivity index (χ4v) is 5.14. The molecule has 3 aliphatic carbocycles. The van der Waals surface area contributed by atoms with Crippen LogP contribution < -0.4 is 0 Å². The second-order valence-electron chi connectivity index (χ2n) is 8.56. The number of rotatable bonds is 5. The van der Waals surface area contributed by atoms with Crippen molar-refractivity contribution in [3.05, 3.63) is 11.9 Å². The van der Waals surface area contributed by atoms with Gasteiger partial charge in [-0.25, -0.2) is 0 Å². The smallest absolute Gasteiger partial charge is 0.0888 e. The zero-order valence-corrected chi connectivity index (χ0v) is 14.9. The highest BCUT2D eigenvalue weighted by Crippen LogP contribution is 2.57. The highest BCUT2D eigenvalue weighted by atomic mass is 16.3. The Hall–Kier alpha value is -0.940. The molecule has 0 radical (unpaired) electrons. The maximum Gasteiger partial charge on any atom is 0.0888 e. The van der Waals surface area contributed by atoms with Gasteiger partial charge in [-0.1, -0.05) is 18.1 Å². The normalized spacial score (nSPS) is 34.4. The molecule has 4 fully saturated rings. The van der Waals surface area contributed by atoms with Gasteiger partial charge in [0.15, 0.2) is 0 Å². The number of hydrogen-bond donors (Lipinski definition) is 1. The third-order valence-corrected chi connectivity index (χ3v) is 7.16. The van der Waals surface area contributed by atoms with Crippen molar-refractivity contribution < 1.29 is 5.11 Å². The summed E-state index contributed by atoms with van der Waals surface area (Å²) < 4.78 is 2.07. The summed E-state index contributed by atoms with van der Waals surface area (Å²) in [6.45, 7) is 4.92. The van der Waals surface area contributed by atoms with Crippen molar-refractivity contribution in [3.8, 4) is 0 Å². The van der Waals surface area contributed by atoms with E-state index in [1.807, 2.05) is 0 Å². The van der Waals surface area contributed by atoms with E-state index in [1.54, 1.807) is 0 Å². The molecular weight excluding hydrogens is 300 g/mol. The van der Waals surface area contributed by atoms with Gasteiger partial charge < -0.3 is 10.0 Å². The van der Waals surface area contributed by atoms with Crippen LogP contribution in [0.3, 0.4) is 0 Å². The highest BCUT2D eigenvalue weighted by molar-refractivity contribution is 5.18. The summed E-state index contributed by atoms with van der Waals surface area (Å²) in [5, 5.41) is 18.7. The summed E-state index contributed by atoms with van der Waals surface area (Å²) in [5.41, 5.74) is 1.69. The molecule has 1 aliphatic heterocycles. The molecule has 0 aromatic carbocycles. The minimum atomic E-state index is 0.227. The van der Waals surface area contributed by atoms with Crippen molar-refractivity contribution in [1.82, 2.24) is 19.9 Å². The van der Waals surface area contributed by atoms with Crippen molar-refractivity contribution in [2.24, 2.45) is 5.41 Å². The van der Waals surface area contributed by atoms with Crippen molar-refractivity contribution in [2.45, 2.75) is 76.2 Å². The molecule has 0 atom stereocenters. The molecule has 2 heterocycles. The highest BCUT2D eigenvalue weighted by Gasteiger charge is 2.50. The lowest BCUT2D eigenvalue weighted by Crippen LogP contribution is -2.46. The number of aliphatic hydroxyl groups is 1. The molecule has 0 spiro atoms. The summed E-state index contributed by atoms with van der Waals surface area (Å²) >= 11 is 0. The third-order valence-electron chi connectivity index (χ3n) is 7.16. The van der Waals surface area contributed by atoms with Crippen LogP contribution >= 0.6 is 0 Å². The molecule has 1 N–H and O–H groups in total. The molecular formula is C19H32N4O. The summed E-state index contributed by atoms with van der Waals surface area (Å²) in [6, 6.07) is 0. The van der Waals surface area contributed by atoms with Crippen LogP contribution in [0.1, 0.15) is 69.9 Å². The molecule has 1 aromatic heterocycles. The Kier molecular flexibility index (Phi) is 4.65. The van der Waals surface area contributed by atoms with Gasteiger partial charge in [0.05, 0.1) is 12.2 Å². The number of aromatic nitrogens is 3. The first-order chi connectivity index (χ1) is 11.7. The Morgan fingerprint density at radius 3 is 2.21 bits per heavy atom. The number of likely N-dealkylation sites (tertiary alicyclic amines) is 1. The number of aliphatic hydroxyl groups excluding tert-OH is 1. The van der Waals surface area contributed by atoms with Crippen LogP contribution in [0.25, 0.3) is 0 Å². The molecule has 0 unspecified atom stereocenters. The second-order valence-corrected chi connectivity index (χ2v) is 8.56. The third kappa shape index (κ3) is 3.13. The van der Waals surface area contributed by atoms with Crippen molar-refractivity contribution >= 4 is 0 Å². The van der Waals surface area contributed by atoms with Crippen LogP contribution in [0.2, 0.25) is 0 Å². The maximum absolute atomic E-state index is 9.70. The van der Waals surface area contributed by atoms with Crippen LogP contribution in [0.15, 0.2) is 6.20 Å². The Balaban J connectivity index is 1.37. The molecule has 2 bridgehead atoms. The SMILES string of the molecule is OCC12CCC(c3cn(CCN4CCCCCC4)nn3)(CC1)CC2. The zero-order valence-electron chi connectivity index (χ0n) is 14.9. The fraction of sp³-hybridized carbons (Fsp3) is 0.895. The van der Waals surface area contributed by atoms with E-state index < -0.39 is 0 Å². The fourth-order valence-electron chi connectivity index (χ4n) is 5.14. The lowest BCUT2D eigenvalue weighted by molar-refractivity contribution is -0.00831. The van der Waals surface area contributed by atoms with Gasteiger partial charge in [0, 0.05) is 24.8 Å². The topological polar surface area (TPSA) is 54.2 Å². The summed E-state index contributed by atoms with van der Waals surface area (Å²) in [6.07, 6.45) is 14.7. The monoisotopic (exact) mass is 332 g/mol. The summed E-state index contributed by atoms with van der Waals surface area (Å²) in [5.74, 6) is 0. The van der Waals surface area contributed by atoms with Gasteiger partial charge in [-0.2, -0.15) is 0 Å². The Labute approximate surface area is 145 Å². The second kappa shape index (κ2) is 6.75. The number of fused-ring (bicyclic) bond motifs is 3. The van der Waals surface area contributed by atoms with E-state index in [-0.39, 0.29) is 10.8 Å². The van der Waals surface area contributed by atoms with E-state index in [1.165, 1.54) is 63.7 Å². The first kappa shape index (κ1) is 16.5. The van der Waals surface area contributed by atoms with Crippen LogP contribution in [-0.4, -0.2) is 51.2 Å². The van der Waals surface area contributed by atoms with Crippen molar-refractivity contribution in [3.63, 3.8) is 0 Å². The first-order valence-corrected chi connectivity index (χ1v) is 9.98. The van der Waals surface area contributed by atoms with Crippen LogP contribution in [-0.2, 0) is 12.0 Å². The largest absolute Gasteiger partial charge is 0.396 e. The molecule has 1 saturated heterocycles. The van der Waals surface area contributed by atoms with Gasteiger partial charge in [0.25, 0.3) is 0 Å². The van der Waals surface area contributed by atoms with E-state index in [0.717, 1.165) is 32.4 Å². The zero-order chi connectivity index (χ0) is 16.5. The Morgan fingerprint density at radius 1 is 0.917 bits per heavy atom.